The number of para-hydroxylation sites is 1. The Morgan fingerprint density at radius 3 is 2.72 bits per heavy atom. The van der Waals surface area contributed by atoms with Gasteiger partial charge in [0, 0.05) is 18.7 Å². The van der Waals surface area contributed by atoms with Crippen molar-refractivity contribution in [3.05, 3.63) is 36.1 Å². The van der Waals surface area contributed by atoms with Crippen molar-refractivity contribution in [1.29, 1.82) is 0 Å². The Morgan fingerprint density at radius 2 is 2.11 bits per heavy atom. The van der Waals surface area contributed by atoms with Gasteiger partial charge >= 0.3 is 5.97 Å². The Kier molecular flexibility index (Phi) is 3.72. The molecule has 4 nitrogen and oxygen atoms in total. The van der Waals surface area contributed by atoms with Gasteiger partial charge in [-0.2, -0.15) is 0 Å². The lowest BCUT2D eigenvalue weighted by Gasteiger charge is -2.07. The van der Waals surface area contributed by atoms with Crippen molar-refractivity contribution in [2.75, 3.05) is 0 Å². The summed E-state index contributed by atoms with van der Waals surface area (Å²) in [6.07, 6.45) is 0.203. The molecular weight excluding hydrogens is 252 g/mol. The van der Waals surface area contributed by atoms with E-state index in [1.807, 2.05) is 30.3 Å². The summed E-state index contributed by atoms with van der Waals surface area (Å²) < 4.78 is 5.54. The summed E-state index contributed by atoms with van der Waals surface area (Å²) in [7, 11) is 0. The number of thioether (sulfide) groups is 1. The average Bonchev–Trinajstić information content (AvgIpc) is 2.69. The Morgan fingerprint density at radius 1 is 1.39 bits per heavy atom. The minimum Gasteiger partial charge on any atom is -0.480 e. The molecule has 94 valence electrons. The zero-order chi connectivity index (χ0) is 13.1. The molecule has 0 spiro atoms. The van der Waals surface area contributed by atoms with E-state index in [0.29, 0.717) is 5.76 Å². The second kappa shape index (κ2) is 5.27. The first-order chi connectivity index (χ1) is 8.56. The van der Waals surface area contributed by atoms with Crippen LogP contribution >= 0.6 is 11.8 Å². The van der Waals surface area contributed by atoms with Gasteiger partial charge in [-0.3, -0.25) is 9.59 Å². The van der Waals surface area contributed by atoms with Crippen LogP contribution in [-0.4, -0.2) is 21.4 Å². The number of fused-ring (bicyclic) bond motifs is 1. The molecule has 0 aliphatic carbocycles. The molecule has 1 aromatic heterocycles. The first-order valence-corrected chi connectivity index (χ1v) is 6.31. The minimum atomic E-state index is -1.00. The van der Waals surface area contributed by atoms with Crippen molar-refractivity contribution in [2.45, 2.75) is 18.6 Å². The lowest BCUT2D eigenvalue weighted by molar-refractivity contribution is -0.136. The standard InChI is InChI=1S/C13H12O4S/c1-8(14)18-12(13(15)16)7-10-6-9-4-2-3-5-11(9)17-10/h2-6,12H,7H2,1H3,(H,15,16)/t12-/m1/s1. The molecule has 0 saturated carbocycles. The fourth-order valence-electron chi connectivity index (χ4n) is 1.70. The number of furan rings is 1. The van der Waals surface area contributed by atoms with E-state index in [2.05, 4.69) is 0 Å². The average molecular weight is 264 g/mol. The molecule has 2 rings (SSSR count). The number of hydrogen-bond donors (Lipinski definition) is 1. The van der Waals surface area contributed by atoms with Gasteiger partial charge in [-0.25, -0.2) is 0 Å². The summed E-state index contributed by atoms with van der Waals surface area (Å²) in [4.78, 5) is 22.0. The first kappa shape index (κ1) is 12.7. The Hall–Kier alpha value is -1.75. The molecule has 18 heavy (non-hydrogen) atoms. The second-order valence-electron chi connectivity index (χ2n) is 3.89. The van der Waals surface area contributed by atoms with Gasteiger partial charge in [-0.15, -0.1) is 0 Å². The van der Waals surface area contributed by atoms with Gasteiger partial charge in [0.15, 0.2) is 5.12 Å². The number of hydrogen-bond acceptors (Lipinski definition) is 4. The van der Waals surface area contributed by atoms with E-state index in [1.54, 1.807) is 0 Å². The monoisotopic (exact) mass is 264 g/mol. The van der Waals surface area contributed by atoms with Crippen LogP contribution in [0.15, 0.2) is 34.7 Å². The highest BCUT2D eigenvalue weighted by Crippen LogP contribution is 2.23. The fraction of sp³-hybridized carbons (Fsp3) is 0.231. The van der Waals surface area contributed by atoms with E-state index in [0.717, 1.165) is 22.7 Å². The summed E-state index contributed by atoms with van der Waals surface area (Å²) in [5, 5.41) is 8.97. The zero-order valence-electron chi connectivity index (χ0n) is 9.75. The van der Waals surface area contributed by atoms with Crippen molar-refractivity contribution in [2.24, 2.45) is 0 Å². The molecule has 0 aliphatic heterocycles. The van der Waals surface area contributed by atoms with E-state index in [9.17, 15) is 9.59 Å². The van der Waals surface area contributed by atoms with Crippen LogP contribution in [0.3, 0.4) is 0 Å². The number of rotatable bonds is 4. The number of carbonyl (C=O) groups is 2. The third-order valence-electron chi connectivity index (χ3n) is 2.45. The largest absolute Gasteiger partial charge is 0.480 e. The number of carbonyl (C=O) groups excluding carboxylic acids is 1. The molecule has 1 heterocycles. The lowest BCUT2D eigenvalue weighted by atomic mass is 10.2. The van der Waals surface area contributed by atoms with Crippen LogP contribution in [0.4, 0.5) is 0 Å². The highest BCUT2D eigenvalue weighted by molar-refractivity contribution is 8.14. The van der Waals surface area contributed by atoms with E-state index in [1.165, 1.54) is 6.92 Å². The summed E-state index contributed by atoms with van der Waals surface area (Å²) >= 11 is 0.814. The Balaban J connectivity index is 2.20. The second-order valence-corrected chi connectivity index (χ2v) is 5.27. The van der Waals surface area contributed by atoms with Crippen LogP contribution in [0.2, 0.25) is 0 Å². The molecule has 0 amide bonds. The molecule has 0 saturated heterocycles. The summed E-state index contributed by atoms with van der Waals surface area (Å²) in [6, 6.07) is 9.28. The molecule has 0 fully saturated rings. The Labute approximate surface area is 108 Å². The van der Waals surface area contributed by atoms with Gasteiger partial charge < -0.3 is 9.52 Å². The smallest absolute Gasteiger partial charge is 0.317 e. The number of aliphatic carboxylic acids is 1. The van der Waals surface area contributed by atoms with Gasteiger partial charge in [-0.1, -0.05) is 30.0 Å². The molecule has 0 radical (unpaired) electrons. The molecule has 1 N–H and O–H groups in total. The van der Waals surface area contributed by atoms with Crippen LogP contribution in [0, 0.1) is 0 Å². The maximum absolute atomic E-state index is 11.0. The molecular formula is C13H12O4S. The summed E-state index contributed by atoms with van der Waals surface area (Å²) in [5.41, 5.74) is 0.726. The van der Waals surface area contributed by atoms with Gasteiger partial charge in [0.05, 0.1) is 0 Å². The molecule has 0 unspecified atom stereocenters. The van der Waals surface area contributed by atoms with Crippen LogP contribution < -0.4 is 0 Å². The predicted molar refractivity (Wildman–Crippen MR) is 69.6 cm³/mol. The van der Waals surface area contributed by atoms with E-state index < -0.39 is 11.2 Å². The van der Waals surface area contributed by atoms with Crippen LogP contribution in [0.5, 0.6) is 0 Å². The van der Waals surface area contributed by atoms with Gasteiger partial charge in [0.1, 0.15) is 16.6 Å². The number of carboxylic acid groups (broad SMARTS) is 1. The van der Waals surface area contributed by atoms with Gasteiger partial charge in [0.25, 0.3) is 0 Å². The maximum atomic E-state index is 11.0. The van der Waals surface area contributed by atoms with E-state index in [4.69, 9.17) is 9.52 Å². The van der Waals surface area contributed by atoms with Crippen LogP contribution in [0.1, 0.15) is 12.7 Å². The SMILES string of the molecule is CC(=O)S[C@H](Cc1cc2ccccc2o1)C(=O)O. The molecule has 0 bridgehead atoms. The topological polar surface area (TPSA) is 67.5 Å². The number of carboxylic acids is 1. The Bertz CT molecular complexity index is 554. The number of benzene rings is 1. The fourth-order valence-corrected chi connectivity index (χ4v) is 2.45. The minimum absolute atomic E-state index is 0.203. The summed E-state index contributed by atoms with van der Waals surface area (Å²) in [6.45, 7) is 1.36. The molecule has 2 aromatic rings. The molecule has 1 aromatic carbocycles. The maximum Gasteiger partial charge on any atom is 0.317 e. The highest BCUT2D eigenvalue weighted by atomic mass is 32.2. The zero-order valence-corrected chi connectivity index (χ0v) is 10.6. The predicted octanol–water partition coefficient (Wildman–Crippen LogP) is 2.71. The quantitative estimate of drug-likeness (QED) is 0.919. The lowest BCUT2D eigenvalue weighted by Crippen LogP contribution is -2.20. The third kappa shape index (κ3) is 2.92. The van der Waals surface area contributed by atoms with Crippen LogP contribution in [0.25, 0.3) is 11.0 Å². The van der Waals surface area contributed by atoms with E-state index >= 15 is 0 Å². The normalized spacial score (nSPS) is 12.5. The van der Waals surface area contributed by atoms with Crippen molar-refractivity contribution in [1.82, 2.24) is 0 Å². The van der Waals surface area contributed by atoms with Crippen molar-refractivity contribution in [3.8, 4) is 0 Å². The first-order valence-electron chi connectivity index (χ1n) is 5.44. The molecule has 0 aliphatic rings. The molecule has 5 heteroatoms. The van der Waals surface area contributed by atoms with Gasteiger partial charge in [0.2, 0.25) is 0 Å². The van der Waals surface area contributed by atoms with Crippen molar-refractivity contribution >= 4 is 33.8 Å². The van der Waals surface area contributed by atoms with Crippen molar-refractivity contribution < 1.29 is 19.1 Å². The summed E-state index contributed by atoms with van der Waals surface area (Å²) in [5.74, 6) is -0.423. The van der Waals surface area contributed by atoms with Gasteiger partial charge in [-0.05, 0) is 12.1 Å². The van der Waals surface area contributed by atoms with Crippen LogP contribution in [-0.2, 0) is 16.0 Å². The molecule has 1 atom stereocenters. The highest BCUT2D eigenvalue weighted by Gasteiger charge is 2.22. The van der Waals surface area contributed by atoms with E-state index in [-0.39, 0.29) is 11.5 Å². The van der Waals surface area contributed by atoms with Crippen molar-refractivity contribution in [3.63, 3.8) is 0 Å². The third-order valence-corrected chi connectivity index (χ3v) is 3.43.